The molecule has 0 amide bonds. The van der Waals surface area contributed by atoms with E-state index >= 15 is 0 Å². The quantitative estimate of drug-likeness (QED) is 0.433. The minimum absolute atomic E-state index is 0. The van der Waals surface area contributed by atoms with Gasteiger partial charge in [-0.05, 0) is 39.9 Å². The number of fused-ring (bicyclic) bond motifs is 2. The summed E-state index contributed by atoms with van der Waals surface area (Å²) in [5, 5.41) is 2.32. The van der Waals surface area contributed by atoms with Crippen LogP contribution in [0.1, 0.15) is 30.5 Å². The molecule has 1 aliphatic carbocycles. The molecule has 22 heavy (non-hydrogen) atoms. The zero-order valence-electron chi connectivity index (χ0n) is 12.6. The van der Waals surface area contributed by atoms with Crippen molar-refractivity contribution in [1.29, 1.82) is 0 Å². The second-order valence-corrected chi connectivity index (χ2v) is 6.22. The Morgan fingerprint density at radius 3 is 2.73 bits per heavy atom. The van der Waals surface area contributed by atoms with E-state index in [4.69, 9.17) is 0 Å². The fraction of sp³-hybridized carbons (Fsp3) is 0.211. The number of hydrogen-bond acceptors (Lipinski definition) is 1. The number of hydrogen-bond donors (Lipinski definition) is 0. The summed E-state index contributed by atoms with van der Waals surface area (Å²) in [6.07, 6.45) is 1.86. The molecule has 1 aromatic heterocycles. The first kappa shape index (κ1) is 15.3. The summed E-state index contributed by atoms with van der Waals surface area (Å²) in [7, 11) is 0. The molecule has 1 nitrogen and oxygen atoms in total. The van der Waals surface area contributed by atoms with Gasteiger partial charge in [0.1, 0.15) is 0 Å². The van der Waals surface area contributed by atoms with E-state index in [0.717, 1.165) is 27.8 Å². The smallest absolute Gasteiger partial charge is 0.0459 e. The van der Waals surface area contributed by atoms with Gasteiger partial charge in [-0.25, -0.2) is 4.39 Å². The average molecular weight is 469 g/mol. The molecule has 113 valence electrons. The first-order chi connectivity index (χ1) is 10.0. The van der Waals surface area contributed by atoms with Crippen molar-refractivity contribution in [3.63, 3.8) is 0 Å². The summed E-state index contributed by atoms with van der Waals surface area (Å²) in [4.78, 5) is 4.59. The Morgan fingerprint density at radius 2 is 1.95 bits per heavy atom. The van der Waals surface area contributed by atoms with Gasteiger partial charge in [0, 0.05) is 32.1 Å². The Balaban J connectivity index is 0.00000144. The average Bonchev–Trinajstić information content (AvgIpc) is 2.46. The molecule has 1 aliphatic rings. The zero-order valence-corrected chi connectivity index (χ0v) is 15.0. The van der Waals surface area contributed by atoms with Gasteiger partial charge in [0.2, 0.25) is 0 Å². The van der Waals surface area contributed by atoms with Crippen LogP contribution >= 0.6 is 0 Å². The van der Waals surface area contributed by atoms with Gasteiger partial charge in [-0.2, -0.15) is 0 Å². The summed E-state index contributed by atoms with van der Waals surface area (Å²) >= 11 is 0. The van der Waals surface area contributed by atoms with Crippen LogP contribution in [-0.4, -0.2) is 4.98 Å². The molecule has 0 bridgehead atoms. The summed E-state index contributed by atoms with van der Waals surface area (Å²) < 4.78 is 14.5. The van der Waals surface area contributed by atoms with Crippen LogP contribution in [0.4, 0.5) is 4.39 Å². The van der Waals surface area contributed by atoms with Crippen molar-refractivity contribution in [3.8, 4) is 11.3 Å². The molecule has 0 unspecified atom stereocenters. The Labute approximate surface area is 142 Å². The third-order valence-corrected chi connectivity index (χ3v) is 4.59. The van der Waals surface area contributed by atoms with Crippen molar-refractivity contribution in [3.05, 3.63) is 65.1 Å². The normalized spacial score (nSPS) is 14.4. The van der Waals surface area contributed by atoms with Gasteiger partial charge in [0.25, 0.3) is 0 Å². The number of aromatic nitrogens is 1. The first-order valence-electron chi connectivity index (χ1n) is 7.11. The van der Waals surface area contributed by atoms with E-state index in [-0.39, 0.29) is 31.3 Å². The minimum atomic E-state index is -0.390. The van der Waals surface area contributed by atoms with Crippen molar-refractivity contribution in [1.82, 2.24) is 4.98 Å². The Hall–Kier alpha value is -1.57. The maximum absolute atomic E-state index is 14.5. The van der Waals surface area contributed by atoms with Gasteiger partial charge in [-0.15, -0.1) is 23.8 Å². The molecule has 0 N–H and O–H groups in total. The monoisotopic (exact) mass is 469 g/mol. The second-order valence-electron chi connectivity index (χ2n) is 6.22. The first-order valence-corrected chi connectivity index (χ1v) is 7.11. The molecule has 4 rings (SSSR count). The van der Waals surface area contributed by atoms with Gasteiger partial charge in [-0.3, -0.25) is 0 Å². The van der Waals surface area contributed by atoms with E-state index < -0.39 is 0 Å². The maximum atomic E-state index is 14.5. The third kappa shape index (κ3) is 1.82. The largest absolute Gasteiger partial charge is 0.304 e. The molecule has 0 fully saturated rings. The Kier molecular flexibility index (Phi) is 3.46. The predicted molar refractivity (Wildman–Crippen MR) is 82.8 cm³/mol. The van der Waals surface area contributed by atoms with E-state index in [1.165, 1.54) is 11.5 Å². The van der Waals surface area contributed by atoms with Crippen LogP contribution < -0.4 is 0 Å². The van der Waals surface area contributed by atoms with Gasteiger partial charge >= 0.3 is 0 Å². The van der Waals surface area contributed by atoms with E-state index in [9.17, 15) is 4.39 Å². The van der Waals surface area contributed by atoms with Crippen LogP contribution in [-0.2, 0) is 25.5 Å². The van der Waals surface area contributed by atoms with Crippen molar-refractivity contribution < 1.29 is 24.5 Å². The van der Waals surface area contributed by atoms with E-state index in [2.05, 4.69) is 44.0 Å². The van der Waals surface area contributed by atoms with E-state index in [0.29, 0.717) is 5.56 Å². The zero-order chi connectivity index (χ0) is 14.8. The molecule has 0 saturated carbocycles. The Bertz CT molecular complexity index is 899. The molecule has 1 radical (unpaired) electrons. The molecule has 3 heteroatoms. The van der Waals surface area contributed by atoms with Crippen LogP contribution in [0, 0.1) is 18.8 Å². The summed E-state index contributed by atoms with van der Waals surface area (Å²) in [6.45, 7) is 6.21. The standard InChI is InChI=1S/C19H15FN.Ir/c1-11-10-21-18-13-7-5-9-15(20)17(13)19(2,3)14-8-4-6-12(11)16(14)18;/h4-6,8-10H,1-3H3;/q-1;. The van der Waals surface area contributed by atoms with Crippen molar-refractivity contribution in [2.75, 3.05) is 0 Å². The van der Waals surface area contributed by atoms with Gasteiger partial charge in [-0.1, -0.05) is 37.6 Å². The molecule has 0 spiro atoms. The number of rotatable bonds is 0. The minimum Gasteiger partial charge on any atom is -0.304 e. The van der Waals surface area contributed by atoms with Crippen molar-refractivity contribution >= 4 is 10.8 Å². The number of nitrogens with zero attached hydrogens (tertiary/aromatic N) is 1. The molecular formula is C19H15FIrN-. The molecule has 3 aromatic rings. The van der Waals surface area contributed by atoms with Gasteiger partial charge in [0.05, 0.1) is 0 Å². The van der Waals surface area contributed by atoms with Crippen molar-refractivity contribution in [2.24, 2.45) is 0 Å². The number of benzene rings is 2. The van der Waals surface area contributed by atoms with Gasteiger partial charge < -0.3 is 4.98 Å². The Morgan fingerprint density at radius 1 is 1.18 bits per heavy atom. The number of halogens is 1. The van der Waals surface area contributed by atoms with Crippen LogP contribution in [0.15, 0.2) is 36.5 Å². The van der Waals surface area contributed by atoms with Crippen molar-refractivity contribution in [2.45, 2.75) is 26.2 Å². The maximum Gasteiger partial charge on any atom is 0.0459 e. The molecule has 2 aromatic carbocycles. The predicted octanol–water partition coefficient (Wildman–Crippen LogP) is 4.79. The second kappa shape index (κ2) is 4.97. The number of pyridine rings is 1. The fourth-order valence-corrected chi connectivity index (χ4v) is 3.55. The fourth-order valence-electron chi connectivity index (χ4n) is 3.55. The molecule has 0 atom stereocenters. The molecular weight excluding hydrogens is 453 g/mol. The van der Waals surface area contributed by atoms with Gasteiger partial charge in [0.15, 0.2) is 0 Å². The summed E-state index contributed by atoms with van der Waals surface area (Å²) in [5.41, 5.74) is 4.23. The summed E-state index contributed by atoms with van der Waals surface area (Å²) in [6, 6.07) is 12.6. The molecule has 0 saturated heterocycles. The van der Waals surface area contributed by atoms with Crippen LogP contribution in [0.5, 0.6) is 0 Å². The number of aryl methyl sites for hydroxylation is 1. The summed E-state index contributed by atoms with van der Waals surface area (Å²) in [5.74, 6) is -0.182. The van der Waals surface area contributed by atoms with Crippen LogP contribution in [0.2, 0.25) is 0 Å². The SMILES string of the molecule is Cc1cnc2c3c(cccc13)C(C)(C)c1c-2[c-]ccc1F.[Ir]. The molecule has 1 heterocycles. The van der Waals surface area contributed by atoms with E-state index in [1.54, 1.807) is 6.07 Å². The topological polar surface area (TPSA) is 12.9 Å². The van der Waals surface area contributed by atoms with Crippen LogP contribution in [0.25, 0.3) is 22.0 Å². The van der Waals surface area contributed by atoms with Crippen LogP contribution in [0.3, 0.4) is 0 Å². The molecule has 0 aliphatic heterocycles. The van der Waals surface area contributed by atoms with E-state index in [1.807, 2.05) is 12.3 Å². The third-order valence-electron chi connectivity index (χ3n) is 4.59.